The van der Waals surface area contributed by atoms with E-state index in [-0.39, 0.29) is 28.6 Å². The van der Waals surface area contributed by atoms with Crippen LogP contribution in [0.15, 0.2) is 21.3 Å². The molecule has 0 unspecified atom stereocenters. The fourth-order valence-corrected chi connectivity index (χ4v) is 1.79. The average molecular weight is 252 g/mol. The molecule has 0 saturated carbocycles. The molecule has 2 rings (SSSR count). The molecular formula is C12H12O6. The van der Waals surface area contributed by atoms with E-state index in [4.69, 9.17) is 18.6 Å². The first-order valence-corrected chi connectivity index (χ1v) is 5.08. The summed E-state index contributed by atoms with van der Waals surface area (Å²) >= 11 is 0. The summed E-state index contributed by atoms with van der Waals surface area (Å²) in [6.07, 6.45) is 0. The molecule has 1 N–H and O–H groups in total. The Kier molecular flexibility index (Phi) is 3.01. The number of methoxy groups -OCH3 is 3. The maximum Gasteiger partial charge on any atom is 0.336 e. The Balaban J connectivity index is 3.00. The SMILES string of the molecule is COc1c(O)c(OC)c2oc(=O)ccc2c1OC. The van der Waals surface area contributed by atoms with Gasteiger partial charge in [0.1, 0.15) is 0 Å². The summed E-state index contributed by atoms with van der Waals surface area (Å²) in [5.74, 6) is 0.143. The van der Waals surface area contributed by atoms with Crippen LogP contribution in [0, 0.1) is 0 Å². The van der Waals surface area contributed by atoms with Gasteiger partial charge in [-0.1, -0.05) is 0 Å². The predicted octanol–water partition coefficient (Wildman–Crippen LogP) is 1.52. The summed E-state index contributed by atoms with van der Waals surface area (Å²) in [6, 6.07) is 2.77. The quantitative estimate of drug-likeness (QED) is 0.834. The van der Waals surface area contributed by atoms with Crippen molar-refractivity contribution in [2.75, 3.05) is 21.3 Å². The van der Waals surface area contributed by atoms with Crippen molar-refractivity contribution < 1.29 is 23.7 Å². The van der Waals surface area contributed by atoms with Crippen molar-refractivity contribution in [1.29, 1.82) is 0 Å². The zero-order valence-electron chi connectivity index (χ0n) is 10.1. The summed E-state index contributed by atoms with van der Waals surface area (Å²) in [7, 11) is 4.17. The van der Waals surface area contributed by atoms with Crippen molar-refractivity contribution in [2.24, 2.45) is 0 Å². The maximum atomic E-state index is 11.2. The summed E-state index contributed by atoms with van der Waals surface area (Å²) in [6.45, 7) is 0. The van der Waals surface area contributed by atoms with Crippen LogP contribution in [0.4, 0.5) is 0 Å². The first kappa shape index (κ1) is 12.1. The minimum atomic E-state index is -0.549. The molecular weight excluding hydrogens is 240 g/mol. The van der Waals surface area contributed by atoms with E-state index in [0.717, 1.165) is 0 Å². The fraction of sp³-hybridized carbons (Fsp3) is 0.250. The van der Waals surface area contributed by atoms with Gasteiger partial charge in [0.2, 0.25) is 17.2 Å². The number of benzene rings is 1. The highest BCUT2D eigenvalue weighted by Crippen LogP contribution is 2.49. The maximum absolute atomic E-state index is 11.2. The smallest absolute Gasteiger partial charge is 0.336 e. The molecule has 2 aromatic rings. The van der Waals surface area contributed by atoms with Crippen molar-refractivity contribution in [3.05, 3.63) is 22.6 Å². The van der Waals surface area contributed by atoms with Crippen LogP contribution in [0.5, 0.6) is 23.0 Å². The highest BCUT2D eigenvalue weighted by molar-refractivity contribution is 5.94. The van der Waals surface area contributed by atoms with E-state index < -0.39 is 5.63 Å². The van der Waals surface area contributed by atoms with Gasteiger partial charge in [-0.05, 0) is 6.07 Å². The largest absolute Gasteiger partial charge is 0.501 e. The molecule has 1 aromatic heterocycles. The molecule has 0 aliphatic carbocycles. The van der Waals surface area contributed by atoms with E-state index in [1.165, 1.54) is 33.5 Å². The lowest BCUT2D eigenvalue weighted by Crippen LogP contribution is -2.00. The van der Waals surface area contributed by atoms with Gasteiger partial charge >= 0.3 is 5.63 Å². The molecule has 1 heterocycles. The van der Waals surface area contributed by atoms with Crippen LogP contribution >= 0.6 is 0 Å². The number of ether oxygens (including phenoxy) is 3. The first-order valence-electron chi connectivity index (χ1n) is 5.08. The summed E-state index contributed by atoms with van der Waals surface area (Å²) in [5, 5.41) is 10.5. The fourth-order valence-electron chi connectivity index (χ4n) is 1.79. The van der Waals surface area contributed by atoms with Crippen molar-refractivity contribution in [1.82, 2.24) is 0 Å². The number of phenols is 1. The standard InChI is InChI=1S/C12H12O6/c1-15-9-6-4-5-7(13)18-10(6)12(17-3)8(14)11(9)16-2/h4-5,14H,1-3H3. The Morgan fingerprint density at radius 1 is 1.00 bits per heavy atom. The molecule has 0 amide bonds. The van der Waals surface area contributed by atoms with E-state index in [2.05, 4.69) is 0 Å². The molecule has 0 radical (unpaired) electrons. The van der Waals surface area contributed by atoms with Crippen LogP contribution in [0.25, 0.3) is 11.0 Å². The average Bonchev–Trinajstić information content (AvgIpc) is 2.37. The predicted molar refractivity (Wildman–Crippen MR) is 63.8 cm³/mol. The molecule has 1 aromatic carbocycles. The van der Waals surface area contributed by atoms with Crippen LogP contribution < -0.4 is 19.8 Å². The molecule has 0 fully saturated rings. The van der Waals surface area contributed by atoms with E-state index in [1.807, 2.05) is 0 Å². The Labute approximate surface area is 102 Å². The third-order valence-electron chi connectivity index (χ3n) is 2.53. The number of hydrogen-bond acceptors (Lipinski definition) is 6. The second-order valence-electron chi connectivity index (χ2n) is 3.45. The minimum absolute atomic E-state index is 0.0281. The normalized spacial score (nSPS) is 10.4. The van der Waals surface area contributed by atoms with Gasteiger partial charge in [-0.2, -0.15) is 0 Å². The van der Waals surface area contributed by atoms with Crippen molar-refractivity contribution >= 4 is 11.0 Å². The van der Waals surface area contributed by atoms with Gasteiger partial charge < -0.3 is 23.7 Å². The van der Waals surface area contributed by atoms with E-state index >= 15 is 0 Å². The minimum Gasteiger partial charge on any atom is -0.501 e. The highest BCUT2D eigenvalue weighted by atomic mass is 16.5. The van der Waals surface area contributed by atoms with Crippen LogP contribution in [0.3, 0.4) is 0 Å². The molecule has 0 spiro atoms. The van der Waals surface area contributed by atoms with Crippen LogP contribution in [0.1, 0.15) is 0 Å². The van der Waals surface area contributed by atoms with Gasteiger partial charge in [-0.25, -0.2) is 4.79 Å². The summed E-state index contributed by atoms with van der Waals surface area (Å²) < 4.78 is 20.3. The molecule has 96 valence electrons. The van der Waals surface area contributed by atoms with E-state index in [9.17, 15) is 9.90 Å². The summed E-state index contributed by atoms with van der Waals surface area (Å²) in [4.78, 5) is 11.2. The van der Waals surface area contributed by atoms with Crippen LogP contribution in [0.2, 0.25) is 0 Å². The number of phenolic OH excluding ortho intramolecular Hbond substituents is 1. The van der Waals surface area contributed by atoms with Gasteiger partial charge in [-0.3, -0.25) is 0 Å². The molecule has 0 atom stereocenters. The molecule has 0 saturated heterocycles. The zero-order chi connectivity index (χ0) is 13.3. The first-order chi connectivity index (χ1) is 8.63. The van der Waals surface area contributed by atoms with Gasteiger partial charge in [0.15, 0.2) is 11.3 Å². The van der Waals surface area contributed by atoms with Gasteiger partial charge in [0.25, 0.3) is 0 Å². The lowest BCUT2D eigenvalue weighted by molar-refractivity contribution is 0.316. The highest BCUT2D eigenvalue weighted by Gasteiger charge is 2.23. The molecule has 6 nitrogen and oxygen atoms in total. The second-order valence-corrected chi connectivity index (χ2v) is 3.45. The Morgan fingerprint density at radius 2 is 1.61 bits per heavy atom. The number of fused-ring (bicyclic) bond motifs is 1. The van der Waals surface area contributed by atoms with Crippen LogP contribution in [-0.2, 0) is 0 Å². The molecule has 0 bridgehead atoms. The Morgan fingerprint density at radius 3 is 2.17 bits per heavy atom. The lowest BCUT2D eigenvalue weighted by Gasteiger charge is -2.14. The monoisotopic (exact) mass is 252 g/mol. The number of aromatic hydroxyl groups is 1. The second kappa shape index (κ2) is 4.48. The lowest BCUT2D eigenvalue weighted by atomic mass is 10.1. The molecule has 6 heteroatoms. The van der Waals surface area contributed by atoms with E-state index in [0.29, 0.717) is 5.39 Å². The topological polar surface area (TPSA) is 78.1 Å². The van der Waals surface area contributed by atoms with Crippen molar-refractivity contribution in [3.8, 4) is 23.0 Å². The molecule has 0 aliphatic heterocycles. The number of hydrogen-bond donors (Lipinski definition) is 1. The van der Waals surface area contributed by atoms with Gasteiger partial charge in [-0.15, -0.1) is 0 Å². The number of rotatable bonds is 3. The zero-order valence-corrected chi connectivity index (χ0v) is 10.1. The van der Waals surface area contributed by atoms with Crippen molar-refractivity contribution in [3.63, 3.8) is 0 Å². The third-order valence-corrected chi connectivity index (χ3v) is 2.53. The van der Waals surface area contributed by atoms with Crippen LogP contribution in [-0.4, -0.2) is 26.4 Å². The van der Waals surface area contributed by atoms with Gasteiger partial charge in [0, 0.05) is 6.07 Å². The molecule has 0 aliphatic rings. The summed E-state index contributed by atoms with van der Waals surface area (Å²) in [5.41, 5.74) is -0.437. The van der Waals surface area contributed by atoms with Gasteiger partial charge in [0.05, 0.1) is 26.7 Å². The third kappa shape index (κ3) is 1.62. The Hall–Kier alpha value is -2.37. The van der Waals surface area contributed by atoms with Crippen molar-refractivity contribution in [2.45, 2.75) is 0 Å². The Bertz CT molecular complexity index is 643. The molecule has 18 heavy (non-hydrogen) atoms. The van der Waals surface area contributed by atoms with E-state index in [1.54, 1.807) is 0 Å².